The van der Waals surface area contributed by atoms with Gasteiger partial charge in [-0.3, -0.25) is 19.6 Å². The van der Waals surface area contributed by atoms with Gasteiger partial charge in [-0.2, -0.15) is 5.10 Å². The number of rotatable bonds is 9. The standard InChI is InChI=1S/C25H21ClN4O5/c1-34-22-4-2-3-18(11-22)14-29-15-20(13-27-29)28-25(31)19-7-5-17(6-8-19)16-35-24-10-9-21(30(32)33)12-23(24)26/h2-13,15H,14,16H2,1H3,(H,28,31). The van der Waals surface area contributed by atoms with Gasteiger partial charge >= 0.3 is 0 Å². The molecule has 4 rings (SSSR count). The molecule has 0 fully saturated rings. The van der Waals surface area contributed by atoms with Crippen LogP contribution < -0.4 is 14.8 Å². The van der Waals surface area contributed by atoms with Crippen LogP contribution in [0.3, 0.4) is 0 Å². The SMILES string of the molecule is COc1cccc(Cn2cc(NC(=O)c3ccc(COc4ccc([N+](=O)[O-])cc4Cl)cc3)cn2)c1. The molecule has 9 nitrogen and oxygen atoms in total. The van der Waals surface area contributed by atoms with Crippen molar-refractivity contribution in [2.75, 3.05) is 12.4 Å². The predicted octanol–water partition coefficient (Wildman–Crippen LogP) is 5.33. The number of nitrogens with zero attached hydrogens (tertiary/aromatic N) is 3. The Morgan fingerprint density at radius 2 is 1.91 bits per heavy atom. The lowest BCUT2D eigenvalue weighted by Gasteiger charge is -2.09. The summed E-state index contributed by atoms with van der Waals surface area (Å²) in [6.07, 6.45) is 3.35. The Bertz CT molecular complexity index is 1350. The second-order valence-corrected chi connectivity index (χ2v) is 8.00. The second-order valence-electron chi connectivity index (χ2n) is 7.59. The topological polar surface area (TPSA) is 109 Å². The zero-order chi connectivity index (χ0) is 24.8. The Labute approximate surface area is 206 Å². The molecule has 0 saturated carbocycles. The normalized spacial score (nSPS) is 10.6. The summed E-state index contributed by atoms with van der Waals surface area (Å²) in [5.74, 6) is 0.842. The Morgan fingerprint density at radius 3 is 2.63 bits per heavy atom. The molecule has 35 heavy (non-hydrogen) atoms. The van der Waals surface area contributed by atoms with Gasteiger partial charge in [-0.25, -0.2) is 0 Å². The van der Waals surface area contributed by atoms with Crippen LogP contribution in [-0.4, -0.2) is 27.7 Å². The number of methoxy groups -OCH3 is 1. The number of anilines is 1. The van der Waals surface area contributed by atoms with E-state index in [2.05, 4.69) is 10.4 Å². The van der Waals surface area contributed by atoms with Gasteiger partial charge in [0.2, 0.25) is 0 Å². The Morgan fingerprint density at radius 1 is 1.11 bits per heavy atom. The summed E-state index contributed by atoms with van der Waals surface area (Å²) >= 11 is 6.05. The van der Waals surface area contributed by atoms with Crippen LogP contribution in [0, 0.1) is 10.1 Å². The van der Waals surface area contributed by atoms with Crippen molar-refractivity contribution in [2.24, 2.45) is 0 Å². The van der Waals surface area contributed by atoms with E-state index < -0.39 is 4.92 Å². The average Bonchev–Trinajstić information content (AvgIpc) is 3.30. The number of non-ortho nitro benzene ring substituents is 1. The van der Waals surface area contributed by atoms with E-state index in [0.29, 0.717) is 23.5 Å². The van der Waals surface area contributed by atoms with E-state index in [4.69, 9.17) is 21.1 Å². The number of ether oxygens (including phenoxy) is 2. The number of halogens is 1. The van der Waals surface area contributed by atoms with Crippen LogP contribution in [-0.2, 0) is 13.2 Å². The number of amides is 1. The number of nitro benzene ring substituents is 1. The van der Waals surface area contributed by atoms with E-state index in [0.717, 1.165) is 16.9 Å². The summed E-state index contributed by atoms with van der Waals surface area (Å²) in [7, 11) is 1.62. The Balaban J connectivity index is 1.32. The molecule has 4 aromatic rings. The monoisotopic (exact) mass is 492 g/mol. The van der Waals surface area contributed by atoms with Gasteiger partial charge in [-0.05, 0) is 41.5 Å². The first kappa shape index (κ1) is 23.8. The highest BCUT2D eigenvalue weighted by atomic mass is 35.5. The average molecular weight is 493 g/mol. The van der Waals surface area contributed by atoms with Crippen molar-refractivity contribution in [1.29, 1.82) is 0 Å². The highest BCUT2D eigenvalue weighted by molar-refractivity contribution is 6.32. The van der Waals surface area contributed by atoms with Gasteiger partial charge in [0.15, 0.2) is 0 Å². The van der Waals surface area contributed by atoms with Crippen molar-refractivity contribution in [3.63, 3.8) is 0 Å². The first-order valence-corrected chi connectivity index (χ1v) is 10.9. The maximum atomic E-state index is 12.6. The van der Waals surface area contributed by atoms with Crippen molar-refractivity contribution in [2.45, 2.75) is 13.2 Å². The van der Waals surface area contributed by atoms with Crippen LogP contribution in [0.2, 0.25) is 5.02 Å². The van der Waals surface area contributed by atoms with Crippen LogP contribution in [0.15, 0.2) is 79.1 Å². The number of nitro groups is 1. The minimum absolute atomic E-state index is 0.108. The molecular formula is C25H21ClN4O5. The molecule has 1 heterocycles. The largest absolute Gasteiger partial charge is 0.497 e. The molecule has 0 aliphatic heterocycles. The summed E-state index contributed by atoms with van der Waals surface area (Å²) in [5, 5.41) is 18.1. The molecule has 0 aliphatic carbocycles. The number of aromatic nitrogens is 2. The molecular weight excluding hydrogens is 472 g/mol. The lowest BCUT2D eigenvalue weighted by atomic mass is 10.1. The number of carbonyl (C=O) groups excluding carboxylic acids is 1. The number of hydrogen-bond acceptors (Lipinski definition) is 6. The molecule has 1 N–H and O–H groups in total. The second kappa shape index (κ2) is 10.7. The van der Waals surface area contributed by atoms with Crippen LogP contribution in [0.5, 0.6) is 11.5 Å². The van der Waals surface area contributed by atoms with Gasteiger partial charge in [-0.1, -0.05) is 35.9 Å². The first-order valence-electron chi connectivity index (χ1n) is 10.5. The summed E-state index contributed by atoms with van der Waals surface area (Å²) in [4.78, 5) is 22.9. The maximum absolute atomic E-state index is 12.6. The smallest absolute Gasteiger partial charge is 0.271 e. The maximum Gasteiger partial charge on any atom is 0.271 e. The quantitative estimate of drug-likeness (QED) is 0.250. The predicted molar refractivity (Wildman–Crippen MR) is 131 cm³/mol. The summed E-state index contributed by atoms with van der Waals surface area (Å²) in [5.41, 5.74) is 2.78. The van der Waals surface area contributed by atoms with Gasteiger partial charge in [0.05, 0.1) is 35.5 Å². The van der Waals surface area contributed by atoms with Crippen LogP contribution in [0.4, 0.5) is 11.4 Å². The van der Waals surface area contributed by atoms with E-state index in [1.165, 1.54) is 18.2 Å². The molecule has 0 bridgehead atoms. The molecule has 1 aromatic heterocycles. The van der Waals surface area contributed by atoms with Gasteiger partial charge in [0.25, 0.3) is 11.6 Å². The zero-order valence-electron chi connectivity index (χ0n) is 18.7. The van der Waals surface area contributed by atoms with Crippen molar-refractivity contribution in [3.8, 4) is 11.5 Å². The summed E-state index contributed by atoms with van der Waals surface area (Å²) < 4.78 is 12.6. The molecule has 0 unspecified atom stereocenters. The molecule has 178 valence electrons. The lowest BCUT2D eigenvalue weighted by molar-refractivity contribution is -0.384. The van der Waals surface area contributed by atoms with E-state index >= 15 is 0 Å². The molecule has 0 atom stereocenters. The Kier molecular flexibility index (Phi) is 7.27. The van der Waals surface area contributed by atoms with Crippen molar-refractivity contribution in [1.82, 2.24) is 9.78 Å². The third-order valence-corrected chi connectivity index (χ3v) is 5.40. The highest BCUT2D eigenvalue weighted by Gasteiger charge is 2.11. The minimum Gasteiger partial charge on any atom is -0.497 e. The minimum atomic E-state index is -0.523. The third-order valence-electron chi connectivity index (χ3n) is 5.11. The zero-order valence-corrected chi connectivity index (χ0v) is 19.4. The van der Waals surface area contributed by atoms with Crippen LogP contribution >= 0.6 is 11.6 Å². The third kappa shape index (κ3) is 6.15. The van der Waals surface area contributed by atoms with Crippen LogP contribution in [0.1, 0.15) is 21.5 Å². The fourth-order valence-corrected chi connectivity index (χ4v) is 3.54. The fourth-order valence-electron chi connectivity index (χ4n) is 3.31. The Hall–Kier alpha value is -4.37. The molecule has 3 aromatic carbocycles. The lowest BCUT2D eigenvalue weighted by Crippen LogP contribution is -2.11. The number of carbonyl (C=O) groups is 1. The van der Waals surface area contributed by atoms with Crippen molar-refractivity contribution in [3.05, 3.63) is 111 Å². The van der Waals surface area contributed by atoms with Crippen molar-refractivity contribution < 1.29 is 19.2 Å². The highest BCUT2D eigenvalue weighted by Crippen LogP contribution is 2.29. The number of benzene rings is 3. The van der Waals surface area contributed by atoms with E-state index in [1.54, 1.807) is 48.5 Å². The summed E-state index contributed by atoms with van der Waals surface area (Å²) in [6.45, 7) is 0.733. The van der Waals surface area contributed by atoms with Crippen molar-refractivity contribution >= 4 is 28.9 Å². The first-order chi connectivity index (χ1) is 16.9. The van der Waals surface area contributed by atoms with E-state index in [9.17, 15) is 14.9 Å². The van der Waals surface area contributed by atoms with Gasteiger partial charge in [0.1, 0.15) is 18.1 Å². The van der Waals surface area contributed by atoms with Gasteiger partial charge in [0, 0.05) is 23.9 Å². The molecule has 10 heteroatoms. The van der Waals surface area contributed by atoms with Gasteiger partial charge < -0.3 is 14.8 Å². The van der Waals surface area contributed by atoms with E-state index in [1.807, 2.05) is 24.3 Å². The van der Waals surface area contributed by atoms with Crippen LogP contribution in [0.25, 0.3) is 0 Å². The van der Waals surface area contributed by atoms with E-state index in [-0.39, 0.29) is 23.2 Å². The number of nitrogens with one attached hydrogen (secondary N) is 1. The molecule has 0 saturated heterocycles. The molecule has 0 aliphatic rings. The van der Waals surface area contributed by atoms with Gasteiger partial charge in [-0.15, -0.1) is 0 Å². The molecule has 0 spiro atoms. The fraction of sp³-hybridized carbons (Fsp3) is 0.120. The molecule has 1 amide bonds. The number of hydrogen-bond donors (Lipinski definition) is 1. The molecule has 0 radical (unpaired) electrons. The summed E-state index contributed by atoms with van der Waals surface area (Å²) in [6, 6.07) is 18.6.